The molecule has 1 amide bonds. The van der Waals surface area contributed by atoms with E-state index in [2.05, 4.69) is 9.97 Å². The molecule has 16 heavy (non-hydrogen) atoms. The quantitative estimate of drug-likeness (QED) is 0.795. The summed E-state index contributed by atoms with van der Waals surface area (Å²) in [6, 6.07) is 5.39. The fraction of sp³-hybridized carbons (Fsp3) is 0.273. The average Bonchev–Trinajstić information content (AvgIpc) is 2.71. The van der Waals surface area contributed by atoms with Crippen LogP contribution in [0.15, 0.2) is 24.4 Å². The third kappa shape index (κ3) is 1.90. The van der Waals surface area contributed by atoms with Crippen molar-refractivity contribution in [3.63, 3.8) is 0 Å². The van der Waals surface area contributed by atoms with Crippen molar-refractivity contribution in [2.45, 2.75) is 0 Å². The lowest BCUT2D eigenvalue weighted by atomic mass is 10.3. The Kier molecular flexibility index (Phi) is 2.87. The maximum absolute atomic E-state index is 11.9. The number of nitrogens with one attached hydrogen (secondary N) is 1. The Labute approximate surface area is 92.7 Å². The minimum atomic E-state index is -0.146. The van der Waals surface area contributed by atoms with E-state index in [0.717, 1.165) is 11.0 Å². The zero-order valence-corrected chi connectivity index (χ0v) is 8.97. The number of hydrogen-bond donors (Lipinski definition) is 2. The van der Waals surface area contributed by atoms with E-state index < -0.39 is 0 Å². The van der Waals surface area contributed by atoms with Crippen LogP contribution in [0.5, 0.6) is 0 Å². The van der Waals surface area contributed by atoms with Crippen molar-refractivity contribution in [1.82, 2.24) is 14.9 Å². The average molecular weight is 219 g/mol. The van der Waals surface area contributed by atoms with Gasteiger partial charge in [0, 0.05) is 19.8 Å². The largest absolute Gasteiger partial charge is 0.395 e. The number of aromatic nitrogens is 2. The van der Waals surface area contributed by atoms with E-state index in [1.54, 1.807) is 19.3 Å². The third-order valence-corrected chi connectivity index (χ3v) is 2.40. The van der Waals surface area contributed by atoms with E-state index in [1.807, 2.05) is 12.1 Å². The van der Waals surface area contributed by atoms with E-state index in [0.29, 0.717) is 12.2 Å². The molecule has 0 bridgehead atoms. The van der Waals surface area contributed by atoms with Crippen molar-refractivity contribution in [3.05, 3.63) is 30.1 Å². The molecule has 0 saturated heterocycles. The second kappa shape index (κ2) is 4.32. The van der Waals surface area contributed by atoms with Crippen LogP contribution < -0.4 is 0 Å². The molecule has 2 heterocycles. The molecule has 2 aromatic rings. The smallest absolute Gasteiger partial charge is 0.270 e. The van der Waals surface area contributed by atoms with E-state index in [1.165, 1.54) is 4.90 Å². The number of amides is 1. The Bertz CT molecular complexity index is 474. The fourth-order valence-electron chi connectivity index (χ4n) is 1.53. The first kappa shape index (κ1) is 10.6. The van der Waals surface area contributed by atoms with Crippen molar-refractivity contribution in [3.8, 4) is 0 Å². The van der Waals surface area contributed by atoms with E-state index >= 15 is 0 Å². The number of carbonyl (C=O) groups excluding carboxylic acids is 1. The first-order valence-corrected chi connectivity index (χ1v) is 5.02. The Balaban J connectivity index is 2.29. The standard InChI is InChI=1S/C11H13N3O2/c1-14(5-6-15)11(16)10-7-9-8(13-10)3-2-4-12-9/h2-4,7,13,15H,5-6H2,1H3. The Morgan fingerprint density at radius 3 is 3.12 bits per heavy atom. The highest BCUT2D eigenvalue weighted by atomic mass is 16.3. The molecule has 84 valence electrons. The molecule has 0 radical (unpaired) electrons. The molecular weight excluding hydrogens is 206 g/mol. The number of H-pyrrole nitrogens is 1. The van der Waals surface area contributed by atoms with Gasteiger partial charge < -0.3 is 15.0 Å². The SMILES string of the molecule is CN(CCO)C(=O)c1cc2ncccc2[nH]1. The molecule has 0 aliphatic heterocycles. The molecular formula is C11H13N3O2. The Morgan fingerprint density at radius 1 is 1.62 bits per heavy atom. The lowest BCUT2D eigenvalue weighted by molar-refractivity contribution is 0.0762. The van der Waals surface area contributed by atoms with Crippen LogP contribution in [0.4, 0.5) is 0 Å². The lowest BCUT2D eigenvalue weighted by Gasteiger charge is -2.13. The van der Waals surface area contributed by atoms with Gasteiger partial charge in [0.1, 0.15) is 5.69 Å². The summed E-state index contributed by atoms with van der Waals surface area (Å²) in [4.78, 5) is 20.5. The second-order valence-electron chi connectivity index (χ2n) is 3.57. The number of hydrogen-bond acceptors (Lipinski definition) is 3. The molecule has 0 saturated carbocycles. The molecule has 5 nitrogen and oxygen atoms in total. The summed E-state index contributed by atoms with van der Waals surface area (Å²) in [6.07, 6.45) is 1.68. The summed E-state index contributed by atoms with van der Waals surface area (Å²) in [5.41, 5.74) is 2.09. The minimum Gasteiger partial charge on any atom is -0.395 e. The number of rotatable bonds is 3. The topological polar surface area (TPSA) is 69.2 Å². The Hall–Kier alpha value is -1.88. The van der Waals surface area contributed by atoms with Gasteiger partial charge in [-0.25, -0.2) is 0 Å². The number of fused-ring (bicyclic) bond motifs is 1. The molecule has 0 spiro atoms. The molecule has 2 aromatic heterocycles. The number of aliphatic hydroxyl groups excluding tert-OH is 1. The van der Waals surface area contributed by atoms with Crippen LogP contribution >= 0.6 is 0 Å². The monoisotopic (exact) mass is 219 g/mol. The highest BCUT2D eigenvalue weighted by molar-refractivity contribution is 5.96. The number of likely N-dealkylation sites (N-methyl/N-ethyl adjacent to an activating group) is 1. The van der Waals surface area contributed by atoms with Crippen LogP contribution in [0, 0.1) is 0 Å². The van der Waals surface area contributed by atoms with Crippen LogP contribution in [-0.4, -0.2) is 46.1 Å². The summed E-state index contributed by atoms with van der Waals surface area (Å²) in [7, 11) is 1.65. The highest BCUT2D eigenvalue weighted by Gasteiger charge is 2.13. The minimum absolute atomic E-state index is 0.0410. The molecule has 0 aliphatic rings. The van der Waals surface area contributed by atoms with Crippen molar-refractivity contribution in [2.75, 3.05) is 20.2 Å². The number of aliphatic hydroxyl groups is 1. The summed E-state index contributed by atoms with van der Waals surface area (Å²) < 4.78 is 0. The zero-order valence-electron chi connectivity index (χ0n) is 8.97. The van der Waals surface area contributed by atoms with E-state index in [-0.39, 0.29) is 12.5 Å². The van der Waals surface area contributed by atoms with E-state index in [9.17, 15) is 4.79 Å². The van der Waals surface area contributed by atoms with E-state index in [4.69, 9.17) is 5.11 Å². The Morgan fingerprint density at radius 2 is 2.44 bits per heavy atom. The summed E-state index contributed by atoms with van der Waals surface area (Å²) >= 11 is 0. The number of carbonyl (C=O) groups is 1. The predicted octanol–water partition coefficient (Wildman–Crippen LogP) is 0.627. The first-order valence-electron chi connectivity index (χ1n) is 5.02. The molecule has 0 aromatic carbocycles. The summed E-state index contributed by atoms with van der Waals surface area (Å²) in [5.74, 6) is -0.146. The van der Waals surface area contributed by atoms with Crippen molar-refractivity contribution >= 4 is 16.9 Å². The predicted molar refractivity (Wildman–Crippen MR) is 60.1 cm³/mol. The van der Waals surface area contributed by atoms with Gasteiger partial charge >= 0.3 is 0 Å². The maximum atomic E-state index is 11.9. The van der Waals surface area contributed by atoms with Gasteiger partial charge in [-0.15, -0.1) is 0 Å². The van der Waals surface area contributed by atoms with Crippen LogP contribution in [0.25, 0.3) is 11.0 Å². The van der Waals surface area contributed by atoms with Crippen molar-refractivity contribution in [1.29, 1.82) is 0 Å². The van der Waals surface area contributed by atoms with Gasteiger partial charge in [0.05, 0.1) is 17.6 Å². The normalized spacial score (nSPS) is 10.6. The maximum Gasteiger partial charge on any atom is 0.270 e. The number of pyridine rings is 1. The first-order chi connectivity index (χ1) is 7.72. The van der Waals surface area contributed by atoms with Crippen LogP contribution in [0.2, 0.25) is 0 Å². The van der Waals surface area contributed by atoms with Gasteiger partial charge in [-0.1, -0.05) is 0 Å². The molecule has 2 rings (SSSR count). The van der Waals surface area contributed by atoms with Gasteiger partial charge in [0.15, 0.2) is 0 Å². The molecule has 0 fully saturated rings. The number of nitrogens with zero attached hydrogens (tertiary/aromatic N) is 2. The molecule has 5 heteroatoms. The second-order valence-corrected chi connectivity index (χ2v) is 3.57. The number of aromatic amines is 1. The van der Waals surface area contributed by atoms with Gasteiger partial charge in [-0.05, 0) is 18.2 Å². The van der Waals surface area contributed by atoms with Gasteiger partial charge in [-0.2, -0.15) is 0 Å². The van der Waals surface area contributed by atoms with Crippen LogP contribution in [-0.2, 0) is 0 Å². The zero-order chi connectivity index (χ0) is 11.5. The fourth-order valence-corrected chi connectivity index (χ4v) is 1.53. The third-order valence-electron chi connectivity index (χ3n) is 2.40. The molecule has 0 unspecified atom stereocenters. The molecule has 0 aliphatic carbocycles. The highest BCUT2D eigenvalue weighted by Crippen LogP contribution is 2.12. The summed E-state index contributed by atoms with van der Waals surface area (Å²) in [5, 5.41) is 8.76. The molecule has 2 N–H and O–H groups in total. The van der Waals surface area contributed by atoms with Gasteiger partial charge in [-0.3, -0.25) is 9.78 Å². The van der Waals surface area contributed by atoms with Crippen molar-refractivity contribution < 1.29 is 9.90 Å². The van der Waals surface area contributed by atoms with Crippen LogP contribution in [0.3, 0.4) is 0 Å². The summed E-state index contributed by atoms with van der Waals surface area (Å²) in [6.45, 7) is 0.280. The van der Waals surface area contributed by atoms with Crippen LogP contribution in [0.1, 0.15) is 10.5 Å². The van der Waals surface area contributed by atoms with Gasteiger partial charge in [0.2, 0.25) is 0 Å². The van der Waals surface area contributed by atoms with Crippen molar-refractivity contribution in [2.24, 2.45) is 0 Å². The lowest BCUT2D eigenvalue weighted by Crippen LogP contribution is -2.29. The van der Waals surface area contributed by atoms with Gasteiger partial charge in [0.25, 0.3) is 5.91 Å². The molecule has 0 atom stereocenters.